The van der Waals surface area contributed by atoms with Crippen molar-refractivity contribution in [2.75, 3.05) is 6.54 Å². The molecular weight excluding hydrogens is 329 g/mol. The average molecular weight is 345 g/mol. The Labute approximate surface area is 139 Å². The summed E-state index contributed by atoms with van der Waals surface area (Å²) in [7, 11) is 0. The summed E-state index contributed by atoms with van der Waals surface area (Å²) in [5, 5.41) is 12.1. The van der Waals surface area contributed by atoms with Crippen molar-refractivity contribution >= 4 is 34.8 Å². The van der Waals surface area contributed by atoms with E-state index < -0.39 is 6.10 Å². The lowest BCUT2D eigenvalue weighted by atomic mass is 9.88. The first-order valence-electron chi connectivity index (χ1n) is 6.53. The third-order valence-electron chi connectivity index (χ3n) is 3.55. The van der Waals surface area contributed by atoms with Gasteiger partial charge in [0.2, 0.25) is 0 Å². The van der Waals surface area contributed by atoms with Gasteiger partial charge in [0, 0.05) is 23.0 Å². The predicted molar refractivity (Wildman–Crippen MR) is 89.4 cm³/mol. The van der Waals surface area contributed by atoms with Gasteiger partial charge < -0.3 is 10.8 Å². The van der Waals surface area contributed by atoms with E-state index in [1.54, 1.807) is 18.2 Å². The molecule has 2 nitrogen and oxygen atoms in total. The van der Waals surface area contributed by atoms with Crippen LogP contribution >= 0.6 is 34.8 Å². The molecule has 0 spiro atoms. The highest BCUT2D eigenvalue weighted by molar-refractivity contribution is 6.42. The Kier molecular flexibility index (Phi) is 5.53. The number of nitrogens with two attached hydrogens (primary N) is 1. The van der Waals surface area contributed by atoms with Crippen LogP contribution in [0.25, 0.3) is 0 Å². The lowest BCUT2D eigenvalue weighted by Gasteiger charge is -2.24. The van der Waals surface area contributed by atoms with Crippen molar-refractivity contribution in [3.05, 3.63) is 68.2 Å². The first-order valence-corrected chi connectivity index (χ1v) is 7.67. The third kappa shape index (κ3) is 3.53. The van der Waals surface area contributed by atoms with E-state index in [1.165, 1.54) is 0 Å². The molecule has 2 aromatic carbocycles. The van der Waals surface area contributed by atoms with E-state index in [0.29, 0.717) is 20.6 Å². The molecular formula is C16H16Cl3NO. The molecule has 21 heavy (non-hydrogen) atoms. The Hall–Kier alpha value is -0.770. The minimum atomic E-state index is -0.806. The van der Waals surface area contributed by atoms with Crippen LogP contribution in [0.5, 0.6) is 0 Å². The van der Waals surface area contributed by atoms with Crippen molar-refractivity contribution in [2.45, 2.75) is 18.9 Å². The van der Waals surface area contributed by atoms with Gasteiger partial charge in [-0.25, -0.2) is 0 Å². The molecule has 0 amide bonds. The van der Waals surface area contributed by atoms with Crippen LogP contribution in [0.3, 0.4) is 0 Å². The Morgan fingerprint density at radius 2 is 1.81 bits per heavy atom. The second-order valence-corrected chi connectivity index (χ2v) is 6.13. The highest BCUT2D eigenvalue weighted by Crippen LogP contribution is 2.36. The summed E-state index contributed by atoms with van der Waals surface area (Å²) in [4.78, 5) is 0. The Morgan fingerprint density at radius 1 is 1.10 bits per heavy atom. The monoisotopic (exact) mass is 343 g/mol. The van der Waals surface area contributed by atoms with Crippen molar-refractivity contribution in [2.24, 2.45) is 5.73 Å². The van der Waals surface area contributed by atoms with E-state index >= 15 is 0 Å². The molecule has 0 saturated heterocycles. The number of rotatable bonds is 4. The van der Waals surface area contributed by atoms with Crippen LogP contribution < -0.4 is 5.73 Å². The van der Waals surface area contributed by atoms with Gasteiger partial charge in [-0.05, 0) is 30.2 Å². The van der Waals surface area contributed by atoms with Crippen molar-refractivity contribution in [1.29, 1.82) is 0 Å². The second kappa shape index (κ2) is 6.99. The van der Waals surface area contributed by atoms with Gasteiger partial charge in [-0.2, -0.15) is 0 Å². The Morgan fingerprint density at radius 3 is 2.43 bits per heavy atom. The highest BCUT2D eigenvalue weighted by Gasteiger charge is 2.24. The standard InChI is InChI=1S/C16H16Cl3NO/c1-9-3-2-4-11(15(9)19)16(21)12(8-20)10-5-6-13(17)14(18)7-10/h2-7,12,16,21H,8,20H2,1H3. The molecule has 0 heterocycles. The van der Waals surface area contributed by atoms with Crippen LogP contribution in [-0.4, -0.2) is 11.7 Å². The molecule has 112 valence electrons. The maximum atomic E-state index is 10.7. The minimum absolute atomic E-state index is 0.267. The second-order valence-electron chi connectivity index (χ2n) is 4.94. The summed E-state index contributed by atoms with van der Waals surface area (Å²) in [5.41, 5.74) is 8.25. The van der Waals surface area contributed by atoms with Crippen molar-refractivity contribution in [1.82, 2.24) is 0 Å². The molecule has 0 aliphatic carbocycles. The molecule has 3 N–H and O–H groups in total. The molecule has 0 radical (unpaired) electrons. The zero-order chi connectivity index (χ0) is 15.6. The van der Waals surface area contributed by atoms with Crippen LogP contribution in [0.4, 0.5) is 0 Å². The zero-order valence-electron chi connectivity index (χ0n) is 11.5. The number of hydrogen-bond donors (Lipinski definition) is 2. The maximum Gasteiger partial charge on any atom is 0.0885 e. The van der Waals surface area contributed by atoms with Crippen molar-refractivity contribution in [3.63, 3.8) is 0 Å². The van der Waals surface area contributed by atoms with Crippen LogP contribution in [0.15, 0.2) is 36.4 Å². The molecule has 0 bridgehead atoms. The average Bonchev–Trinajstić information content (AvgIpc) is 2.46. The summed E-state index contributed by atoms with van der Waals surface area (Å²) in [5.74, 6) is -0.306. The van der Waals surface area contributed by atoms with Gasteiger partial charge in [-0.15, -0.1) is 0 Å². The summed E-state index contributed by atoms with van der Waals surface area (Å²) in [6, 6.07) is 10.8. The van der Waals surface area contributed by atoms with Gasteiger partial charge in [-0.1, -0.05) is 59.1 Å². The quantitative estimate of drug-likeness (QED) is 0.842. The molecule has 2 unspecified atom stereocenters. The SMILES string of the molecule is Cc1cccc(C(O)C(CN)c2ccc(Cl)c(Cl)c2)c1Cl. The normalized spacial score (nSPS) is 14.0. The lowest BCUT2D eigenvalue weighted by molar-refractivity contribution is 0.147. The molecule has 0 aromatic heterocycles. The Bertz CT molecular complexity index is 645. The number of aliphatic hydroxyl groups excluding tert-OH is 1. The lowest BCUT2D eigenvalue weighted by Crippen LogP contribution is -2.20. The number of benzene rings is 2. The van der Waals surface area contributed by atoms with E-state index in [0.717, 1.165) is 11.1 Å². The zero-order valence-corrected chi connectivity index (χ0v) is 13.8. The smallest absolute Gasteiger partial charge is 0.0885 e. The molecule has 2 aromatic rings. The van der Waals surface area contributed by atoms with Crippen LogP contribution in [0, 0.1) is 6.92 Å². The summed E-state index contributed by atoms with van der Waals surface area (Å²) in [6.07, 6.45) is -0.806. The molecule has 0 saturated carbocycles. The van der Waals surface area contributed by atoms with Crippen LogP contribution in [0.2, 0.25) is 15.1 Å². The van der Waals surface area contributed by atoms with Gasteiger partial charge in [0.15, 0.2) is 0 Å². The molecule has 2 atom stereocenters. The maximum absolute atomic E-state index is 10.7. The highest BCUT2D eigenvalue weighted by atomic mass is 35.5. The van der Waals surface area contributed by atoms with Crippen LogP contribution in [-0.2, 0) is 0 Å². The van der Waals surface area contributed by atoms with E-state index in [1.807, 2.05) is 25.1 Å². The number of aryl methyl sites for hydroxylation is 1. The first-order chi connectivity index (χ1) is 9.95. The summed E-state index contributed by atoms with van der Waals surface area (Å²) < 4.78 is 0. The largest absolute Gasteiger partial charge is 0.388 e. The van der Waals surface area contributed by atoms with Gasteiger partial charge in [0.1, 0.15) is 0 Å². The summed E-state index contributed by atoms with van der Waals surface area (Å²) >= 11 is 18.3. The van der Waals surface area contributed by atoms with Gasteiger partial charge in [0.25, 0.3) is 0 Å². The van der Waals surface area contributed by atoms with Gasteiger partial charge in [0.05, 0.1) is 16.1 Å². The Balaban J connectivity index is 2.40. The van der Waals surface area contributed by atoms with Gasteiger partial charge in [-0.3, -0.25) is 0 Å². The number of aliphatic hydroxyl groups is 1. The van der Waals surface area contributed by atoms with E-state index in [4.69, 9.17) is 40.5 Å². The fourth-order valence-electron chi connectivity index (χ4n) is 2.31. The molecule has 0 fully saturated rings. The fourth-order valence-corrected chi connectivity index (χ4v) is 2.85. The molecule has 5 heteroatoms. The van der Waals surface area contributed by atoms with E-state index in [9.17, 15) is 5.11 Å². The van der Waals surface area contributed by atoms with Gasteiger partial charge >= 0.3 is 0 Å². The van der Waals surface area contributed by atoms with E-state index in [2.05, 4.69) is 0 Å². The third-order valence-corrected chi connectivity index (χ3v) is 4.80. The van der Waals surface area contributed by atoms with E-state index in [-0.39, 0.29) is 12.5 Å². The fraction of sp³-hybridized carbons (Fsp3) is 0.250. The molecule has 0 aliphatic heterocycles. The van der Waals surface area contributed by atoms with Crippen molar-refractivity contribution < 1.29 is 5.11 Å². The van der Waals surface area contributed by atoms with Crippen LogP contribution in [0.1, 0.15) is 28.7 Å². The topological polar surface area (TPSA) is 46.2 Å². The molecule has 0 aliphatic rings. The number of hydrogen-bond acceptors (Lipinski definition) is 2. The van der Waals surface area contributed by atoms with Crippen molar-refractivity contribution in [3.8, 4) is 0 Å². The predicted octanol–water partition coefficient (Wildman–Crippen LogP) is 4.73. The minimum Gasteiger partial charge on any atom is -0.388 e. The number of halogens is 3. The first kappa shape index (κ1) is 16.6. The molecule has 2 rings (SSSR count). The summed E-state index contributed by atoms with van der Waals surface area (Å²) in [6.45, 7) is 2.17.